The van der Waals surface area contributed by atoms with Crippen LogP contribution in [0.4, 0.5) is 4.79 Å². The van der Waals surface area contributed by atoms with Gasteiger partial charge < -0.3 is 10.2 Å². The molecule has 0 radical (unpaired) electrons. The van der Waals surface area contributed by atoms with E-state index in [0.29, 0.717) is 11.8 Å². The Morgan fingerprint density at radius 1 is 1.56 bits per heavy atom. The van der Waals surface area contributed by atoms with Gasteiger partial charge in [-0.05, 0) is 18.1 Å². The number of nitrogens with one attached hydrogen (secondary N) is 1. The number of rotatable bonds is 4. The molecule has 1 N–H and O–H groups in total. The maximum Gasteiger partial charge on any atom is 0.317 e. The van der Waals surface area contributed by atoms with Crippen LogP contribution in [0.25, 0.3) is 0 Å². The van der Waals surface area contributed by atoms with Gasteiger partial charge in [0.15, 0.2) is 0 Å². The summed E-state index contributed by atoms with van der Waals surface area (Å²) in [5.41, 5.74) is 1.09. The number of pyridine rings is 1. The van der Waals surface area contributed by atoms with Crippen molar-refractivity contribution in [2.45, 2.75) is 26.2 Å². The Bertz CT molecular complexity index is 387. The smallest absolute Gasteiger partial charge is 0.317 e. The largest absolute Gasteiger partial charge is 0.338 e. The third kappa shape index (κ3) is 3.00. The fourth-order valence-corrected chi connectivity index (χ4v) is 1.97. The van der Waals surface area contributed by atoms with Crippen LogP contribution in [0.15, 0.2) is 24.4 Å². The second-order valence-corrected chi connectivity index (χ2v) is 5.06. The summed E-state index contributed by atoms with van der Waals surface area (Å²) in [6, 6.07) is 5.99. The monoisotopic (exact) mass is 247 g/mol. The zero-order chi connectivity index (χ0) is 13.0. The first-order valence-corrected chi connectivity index (χ1v) is 6.64. The molecule has 18 heavy (non-hydrogen) atoms. The van der Waals surface area contributed by atoms with Crippen molar-refractivity contribution >= 4 is 6.03 Å². The highest BCUT2D eigenvalue weighted by Gasteiger charge is 2.32. The lowest BCUT2D eigenvalue weighted by Gasteiger charge is -2.38. The lowest BCUT2D eigenvalue weighted by molar-refractivity contribution is 0.149. The highest BCUT2D eigenvalue weighted by atomic mass is 16.2. The molecule has 4 heteroatoms. The van der Waals surface area contributed by atoms with Crippen LogP contribution in [0.2, 0.25) is 0 Å². The Balaban J connectivity index is 1.74. The number of nitrogens with zero attached hydrogens (tertiary/aromatic N) is 2. The Labute approximate surface area is 108 Å². The summed E-state index contributed by atoms with van der Waals surface area (Å²) in [7, 11) is 0. The normalized spacial score (nSPS) is 17.1. The van der Waals surface area contributed by atoms with E-state index >= 15 is 0 Å². The maximum atomic E-state index is 11.8. The Morgan fingerprint density at radius 3 is 2.94 bits per heavy atom. The predicted molar refractivity (Wildman–Crippen MR) is 71.4 cm³/mol. The number of amides is 2. The second kappa shape index (κ2) is 5.85. The van der Waals surface area contributed by atoms with E-state index in [1.165, 1.54) is 0 Å². The summed E-state index contributed by atoms with van der Waals surface area (Å²) >= 11 is 0. The molecule has 1 atom stereocenters. The molecule has 1 saturated heterocycles. The quantitative estimate of drug-likeness (QED) is 0.887. The first-order chi connectivity index (χ1) is 8.70. The number of hydrogen-bond acceptors (Lipinski definition) is 2. The minimum Gasteiger partial charge on any atom is -0.338 e. The van der Waals surface area contributed by atoms with Gasteiger partial charge in [-0.15, -0.1) is 0 Å². The van der Waals surface area contributed by atoms with E-state index in [9.17, 15) is 4.79 Å². The number of hydrogen-bond donors (Lipinski definition) is 1. The predicted octanol–water partition coefficient (Wildman–Crippen LogP) is 2.24. The average Bonchev–Trinajstić information content (AvgIpc) is 2.35. The van der Waals surface area contributed by atoms with Gasteiger partial charge in [-0.1, -0.05) is 26.3 Å². The molecule has 0 aromatic carbocycles. The van der Waals surface area contributed by atoms with Crippen molar-refractivity contribution in [1.82, 2.24) is 15.2 Å². The standard InChI is InChI=1S/C14H21N3O/c1-3-11(2)8-16-14(18)17-9-12(10-17)13-6-4-5-7-15-13/h4-7,11-12H,3,8-10H2,1-2H3,(H,16,18)/t11-/m1/s1. The van der Waals surface area contributed by atoms with E-state index in [1.807, 2.05) is 23.1 Å². The van der Waals surface area contributed by atoms with Gasteiger partial charge in [0.05, 0.1) is 0 Å². The average molecular weight is 247 g/mol. The number of carbonyl (C=O) groups excluding carboxylic acids is 1. The molecule has 0 unspecified atom stereocenters. The van der Waals surface area contributed by atoms with Crippen LogP contribution < -0.4 is 5.32 Å². The molecule has 1 aliphatic heterocycles. The molecule has 1 aliphatic rings. The Hall–Kier alpha value is -1.58. The van der Waals surface area contributed by atoms with Crippen molar-refractivity contribution < 1.29 is 4.79 Å². The molecule has 1 aromatic heterocycles. The minimum absolute atomic E-state index is 0.0579. The molecule has 98 valence electrons. The van der Waals surface area contributed by atoms with Crippen LogP contribution in [-0.2, 0) is 0 Å². The third-order valence-corrected chi connectivity index (χ3v) is 3.57. The van der Waals surface area contributed by atoms with Gasteiger partial charge in [-0.2, -0.15) is 0 Å². The summed E-state index contributed by atoms with van der Waals surface area (Å²) in [4.78, 5) is 18.0. The van der Waals surface area contributed by atoms with Crippen molar-refractivity contribution in [1.29, 1.82) is 0 Å². The highest BCUT2D eigenvalue weighted by molar-refractivity contribution is 5.75. The first-order valence-electron chi connectivity index (χ1n) is 6.64. The molecule has 2 heterocycles. The fraction of sp³-hybridized carbons (Fsp3) is 0.571. The molecule has 2 amide bonds. The SMILES string of the molecule is CC[C@@H](C)CNC(=O)N1CC(c2ccccn2)C1. The van der Waals surface area contributed by atoms with Gasteiger partial charge in [0.25, 0.3) is 0 Å². The summed E-state index contributed by atoms with van der Waals surface area (Å²) < 4.78 is 0. The zero-order valence-corrected chi connectivity index (χ0v) is 11.1. The van der Waals surface area contributed by atoms with E-state index < -0.39 is 0 Å². The molecular formula is C14H21N3O. The number of urea groups is 1. The molecule has 2 rings (SSSR count). The van der Waals surface area contributed by atoms with Crippen LogP contribution in [0.1, 0.15) is 31.9 Å². The van der Waals surface area contributed by atoms with Crippen LogP contribution >= 0.6 is 0 Å². The van der Waals surface area contributed by atoms with Crippen molar-refractivity contribution in [3.63, 3.8) is 0 Å². The molecule has 0 saturated carbocycles. The molecule has 1 fully saturated rings. The molecular weight excluding hydrogens is 226 g/mol. The van der Waals surface area contributed by atoms with E-state index in [1.54, 1.807) is 6.20 Å². The van der Waals surface area contributed by atoms with E-state index in [2.05, 4.69) is 24.1 Å². The van der Waals surface area contributed by atoms with Gasteiger partial charge in [0.2, 0.25) is 0 Å². The molecule has 0 aliphatic carbocycles. The zero-order valence-electron chi connectivity index (χ0n) is 11.1. The molecule has 1 aromatic rings. The topological polar surface area (TPSA) is 45.2 Å². The fourth-order valence-electron chi connectivity index (χ4n) is 1.97. The maximum absolute atomic E-state index is 11.8. The highest BCUT2D eigenvalue weighted by Crippen LogP contribution is 2.24. The Kier molecular flexibility index (Phi) is 4.18. The van der Waals surface area contributed by atoms with Gasteiger partial charge in [0, 0.05) is 37.4 Å². The van der Waals surface area contributed by atoms with Crippen molar-refractivity contribution in [3.8, 4) is 0 Å². The summed E-state index contributed by atoms with van der Waals surface area (Å²) in [5.74, 6) is 0.947. The van der Waals surface area contributed by atoms with Gasteiger partial charge in [-0.25, -0.2) is 4.79 Å². The summed E-state index contributed by atoms with van der Waals surface area (Å²) in [6.07, 6.45) is 2.90. The lowest BCUT2D eigenvalue weighted by atomic mass is 9.96. The van der Waals surface area contributed by atoms with E-state index in [-0.39, 0.29) is 6.03 Å². The van der Waals surface area contributed by atoms with Crippen LogP contribution in [0.3, 0.4) is 0 Å². The van der Waals surface area contributed by atoms with Crippen LogP contribution in [0, 0.1) is 5.92 Å². The van der Waals surface area contributed by atoms with Gasteiger partial charge >= 0.3 is 6.03 Å². The number of likely N-dealkylation sites (tertiary alicyclic amines) is 1. The Morgan fingerprint density at radius 2 is 2.33 bits per heavy atom. The minimum atomic E-state index is 0.0579. The van der Waals surface area contributed by atoms with Crippen LogP contribution in [0.5, 0.6) is 0 Å². The molecule has 0 spiro atoms. The first kappa shape index (κ1) is 12.9. The van der Waals surface area contributed by atoms with E-state index in [4.69, 9.17) is 0 Å². The second-order valence-electron chi connectivity index (χ2n) is 5.06. The summed E-state index contributed by atoms with van der Waals surface area (Å²) in [6.45, 7) is 6.61. The van der Waals surface area contributed by atoms with Gasteiger partial charge in [-0.3, -0.25) is 4.98 Å². The van der Waals surface area contributed by atoms with Crippen LogP contribution in [-0.4, -0.2) is 35.5 Å². The van der Waals surface area contributed by atoms with E-state index in [0.717, 1.165) is 31.7 Å². The third-order valence-electron chi connectivity index (χ3n) is 3.57. The lowest BCUT2D eigenvalue weighted by Crippen LogP contribution is -2.53. The van der Waals surface area contributed by atoms with Crippen molar-refractivity contribution in [3.05, 3.63) is 30.1 Å². The van der Waals surface area contributed by atoms with Gasteiger partial charge in [0.1, 0.15) is 0 Å². The number of aromatic nitrogens is 1. The molecule has 4 nitrogen and oxygen atoms in total. The van der Waals surface area contributed by atoms with Crippen molar-refractivity contribution in [2.24, 2.45) is 5.92 Å². The van der Waals surface area contributed by atoms with Crippen molar-refractivity contribution in [2.75, 3.05) is 19.6 Å². The molecule has 0 bridgehead atoms. The number of carbonyl (C=O) groups is 1. The summed E-state index contributed by atoms with van der Waals surface area (Å²) in [5, 5.41) is 2.97.